The summed E-state index contributed by atoms with van der Waals surface area (Å²) >= 11 is 0. The lowest BCUT2D eigenvalue weighted by molar-refractivity contribution is -0.155. The van der Waals surface area contributed by atoms with Crippen LogP contribution in [0, 0.1) is 11.6 Å². The van der Waals surface area contributed by atoms with Crippen LogP contribution in [0.25, 0.3) is 22.2 Å². The Morgan fingerprint density at radius 3 is 2.10 bits per heavy atom. The maximum absolute atomic E-state index is 14.6. The fourth-order valence-corrected chi connectivity index (χ4v) is 7.25. The van der Waals surface area contributed by atoms with Gasteiger partial charge in [-0.2, -0.15) is 13.2 Å². The van der Waals surface area contributed by atoms with Crippen molar-refractivity contribution in [3.05, 3.63) is 135 Å². The maximum Gasteiger partial charge on any atom is 0.416 e. The van der Waals surface area contributed by atoms with Crippen LogP contribution in [0.1, 0.15) is 56.0 Å². The number of aliphatic carboxylic acids is 1. The lowest BCUT2D eigenvalue weighted by Gasteiger charge is -2.44. The average molecular weight is 821 g/mol. The minimum Gasteiger partial charge on any atom is -0.481 e. The number of hydrogen-bond acceptors (Lipinski definition) is 7. The quantitative estimate of drug-likeness (QED) is 0.106. The Labute approximate surface area is 337 Å². The Morgan fingerprint density at radius 1 is 0.898 bits per heavy atom. The molecule has 312 valence electrons. The molecule has 15 heteroatoms. The number of pyridine rings is 2. The number of fused-ring (bicyclic) bond motifs is 1. The van der Waals surface area contributed by atoms with E-state index in [0.29, 0.717) is 48.1 Å². The summed E-state index contributed by atoms with van der Waals surface area (Å²) in [5.74, 6) is -3.42. The molecule has 6 rings (SSSR count). The number of aryl methyl sites for hydroxylation is 2. The van der Waals surface area contributed by atoms with Gasteiger partial charge < -0.3 is 19.3 Å². The second kappa shape index (κ2) is 18.7. The molecular weight excluding hydrogens is 775 g/mol. The topological polar surface area (TPSA) is 122 Å². The van der Waals surface area contributed by atoms with Crippen LogP contribution < -0.4 is 5.43 Å². The number of alkyl halides is 3. The number of amides is 1. The highest BCUT2D eigenvalue weighted by Gasteiger charge is 2.39. The SMILES string of the molecule is CC(=O)O.COC(=O)C(C)(C)N1CCC(N(Cc2ccc(-c3ccc(C(F)(F)F)cc3)cc2)C(=O)Cn2c(CCc3cccc(F)c3F)cc(=O)c3cccnc32)CC1. The van der Waals surface area contributed by atoms with E-state index in [4.69, 9.17) is 14.6 Å². The van der Waals surface area contributed by atoms with Gasteiger partial charge >= 0.3 is 12.1 Å². The van der Waals surface area contributed by atoms with Crippen LogP contribution in [-0.4, -0.2) is 74.1 Å². The van der Waals surface area contributed by atoms with Crippen LogP contribution in [0.15, 0.2) is 95.9 Å². The first kappa shape index (κ1) is 44.1. The molecule has 1 saturated heterocycles. The van der Waals surface area contributed by atoms with Gasteiger partial charge in [0, 0.05) is 50.6 Å². The van der Waals surface area contributed by atoms with E-state index in [1.165, 1.54) is 43.6 Å². The molecule has 3 aromatic carbocycles. The number of carbonyl (C=O) groups excluding carboxylic acids is 2. The van der Waals surface area contributed by atoms with Gasteiger partial charge in [-0.05, 0) is 92.1 Å². The second-order valence-electron chi connectivity index (χ2n) is 14.8. The molecule has 0 atom stereocenters. The number of methoxy groups -OCH3 is 1. The molecule has 0 spiro atoms. The molecule has 59 heavy (non-hydrogen) atoms. The van der Waals surface area contributed by atoms with Gasteiger partial charge in [-0.1, -0.05) is 48.5 Å². The molecule has 5 aromatic rings. The van der Waals surface area contributed by atoms with Crippen molar-refractivity contribution in [1.29, 1.82) is 0 Å². The van der Waals surface area contributed by atoms with Gasteiger partial charge in [0.1, 0.15) is 17.7 Å². The molecule has 0 aliphatic carbocycles. The normalized spacial score (nSPS) is 13.7. The van der Waals surface area contributed by atoms with Gasteiger partial charge in [-0.3, -0.25) is 24.1 Å². The average Bonchev–Trinajstić information content (AvgIpc) is 3.21. The first-order valence-electron chi connectivity index (χ1n) is 18.9. The Balaban J connectivity index is 0.00000158. The van der Waals surface area contributed by atoms with E-state index in [0.717, 1.165) is 30.7 Å². The molecule has 0 radical (unpaired) electrons. The van der Waals surface area contributed by atoms with Gasteiger partial charge in [-0.25, -0.2) is 13.8 Å². The number of piperidine rings is 1. The molecule has 1 fully saturated rings. The number of carboxylic acid groups (broad SMARTS) is 1. The molecule has 1 N–H and O–H groups in total. The van der Waals surface area contributed by atoms with Crippen LogP contribution >= 0.6 is 0 Å². The first-order chi connectivity index (χ1) is 27.9. The Kier molecular flexibility index (Phi) is 14.0. The zero-order valence-electron chi connectivity index (χ0n) is 33.1. The summed E-state index contributed by atoms with van der Waals surface area (Å²) in [6, 6.07) is 20.5. The zero-order chi connectivity index (χ0) is 43.1. The van der Waals surface area contributed by atoms with Gasteiger partial charge in [0.15, 0.2) is 17.1 Å². The van der Waals surface area contributed by atoms with Crippen molar-refractivity contribution in [2.75, 3.05) is 20.2 Å². The number of rotatable bonds is 11. The summed E-state index contributed by atoms with van der Waals surface area (Å²) in [5.41, 5.74) is 1.03. The summed E-state index contributed by atoms with van der Waals surface area (Å²) in [7, 11) is 1.35. The molecule has 2 aromatic heterocycles. The number of likely N-dealkylation sites (tertiary alicyclic amines) is 1. The summed E-state index contributed by atoms with van der Waals surface area (Å²) in [6.07, 6.45) is -1.63. The number of hydrogen-bond donors (Lipinski definition) is 1. The fraction of sp³-hybridized carbons (Fsp3) is 0.341. The molecule has 1 aliphatic heterocycles. The van der Waals surface area contributed by atoms with E-state index in [1.807, 2.05) is 17.0 Å². The van der Waals surface area contributed by atoms with E-state index in [-0.39, 0.29) is 60.5 Å². The molecular formula is C44H45F5N4O6. The van der Waals surface area contributed by atoms with Crippen LogP contribution in [0.5, 0.6) is 0 Å². The Hall–Kier alpha value is -5.96. The third-order valence-corrected chi connectivity index (χ3v) is 10.5. The van der Waals surface area contributed by atoms with Crippen molar-refractivity contribution in [2.45, 2.75) is 77.3 Å². The fourth-order valence-electron chi connectivity index (χ4n) is 7.25. The molecule has 1 amide bonds. The van der Waals surface area contributed by atoms with E-state index >= 15 is 0 Å². The van der Waals surface area contributed by atoms with Crippen molar-refractivity contribution in [1.82, 2.24) is 19.4 Å². The summed E-state index contributed by atoms with van der Waals surface area (Å²) in [6.45, 7) is 5.70. The predicted octanol–water partition coefficient (Wildman–Crippen LogP) is 7.68. The van der Waals surface area contributed by atoms with Crippen molar-refractivity contribution in [3.8, 4) is 11.1 Å². The number of benzene rings is 3. The summed E-state index contributed by atoms with van der Waals surface area (Å²) < 4.78 is 74.8. The van der Waals surface area contributed by atoms with Gasteiger partial charge in [0.05, 0.1) is 18.1 Å². The van der Waals surface area contributed by atoms with Crippen LogP contribution in [0.2, 0.25) is 0 Å². The highest BCUT2D eigenvalue weighted by atomic mass is 19.4. The Morgan fingerprint density at radius 2 is 1.51 bits per heavy atom. The third kappa shape index (κ3) is 10.8. The number of carbonyl (C=O) groups is 3. The maximum atomic E-state index is 14.6. The number of carboxylic acids is 1. The summed E-state index contributed by atoms with van der Waals surface area (Å²) in [4.78, 5) is 57.7. The lowest BCUT2D eigenvalue weighted by Crippen LogP contribution is -2.56. The van der Waals surface area contributed by atoms with Gasteiger partial charge in [0.25, 0.3) is 5.97 Å². The van der Waals surface area contributed by atoms with Crippen molar-refractivity contribution < 1.29 is 46.2 Å². The highest BCUT2D eigenvalue weighted by molar-refractivity contribution is 5.81. The minimum absolute atomic E-state index is 0.0685. The predicted molar refractivity (Wildman–Crippen MR) is 211 cm³/mol. The zero-order valence-corrected chi connectivity index (χ0v) is 33.1. The number of esters is 1. The van der Waals surface area contributed by atoms with E-state index in [2.05, 4.69) is 4.98 Å². The van der Waals surface area contributed by atoms with Crippen molar-refractivity contribution in [3.63, 3.8) is 0 Å². The molecule has 0 bridgehead atoms. The standard InChI is InChI=1S/C42H41F5N4O4.C2H4O2/c1-41(2,40(54)55-3)49-22-19-32(20-23-49)50(25-27-9-11-28(12-10-27)29-13-16-31(17-14-29)42(45,46)47)37(53)26-51-33(18-15-30-6-4-8-35(43)38(30)44)24-36(52)34-7-5-21-48-39(34)51;1-2(3)4/h4-14,16-17,21,24,32H,15,18-20,22-23,25-26H2,1-3H3;1H3,(H,3,4). The minimum atomic E-state index is -4.44. The molecule has 1 aliphatic rings. The van der Waals surface area contributed by atoms with Crippen molar-refractivity contribution in [2.24, 2.45) is 0 Å². The summed E-state index contributed by atoms with van der Waals surface area (Å²) in [5, 5.41) is 7.72. The second-order valence-corrected chi connectivity index (χ2v) is 14.8. The van der Waals surface area contributed by atoms with E-state index < -0.39 is 34.9 Å². The molecule has 10 nitrogen and oxygen atoms in total. The van der Waals surface area contributed by atoms with E-state index in [1.54, 1.807) is 47.6 Å². The lowest BCUT2D eigenvalue weighted by atomic mass is 9.95. The van der Waals surface area contributed by atoms with Crippen LogP contribution in [-0.2, 0) is 51.2 Å². The smallest absolute Gasteiger partial charge is 0.416 e. The number of aromatic nitrogens is 2. The number of halogens is 5. The van der Waals surface area contributed by atoms with Gasteiger partial charge in [0.2, 0.25) is 5.91 Å². The van der Waals surface area contributed by atoms with Crippen LogP contribution in [0.4, 0.5) is 22.0 Å². The first-order valence-corrected chi connectivity index (χ1v) is 18.9. The third-order valence-electron chi connectivity index (χ3n) is 10.5. The van der Waals surface area contributed by atoms with Crippen LogP contribution in [0.3, 0.4) is 0 Å². The van der Waals surface area contributed by atoms with Crippen molar-refractivity contribution >= 4 is 28.9 Å². The van der Waals surface area contributed by atoms with Gasteiger partial charge in [-0.15, -0.1) is 0 Å². The number of nitrogens with zero attached hydrogens (tertiary/aromatic N) is 4. The Bertz CT molecular complexity index is 2330. The molecule has 0 saturated carbocycles. The molecule has 3 heterocycles. The largest absolute Gasteiger partial charge is 0.481 e. The van der Waals surface area contributed by atoms with E-state index in [9.17, 15) is 36.3 Å². The monoisotopic (exact) mass is 820 g/mol. The molecule has 0 unspecified atom stereocenters. The number of ether oxygens (including phenoxy) is 1. The highest BCUT2D eigenvalue weighted by Crippen LogP contribution is 2.32.